The highest BCUT2D eigenvalue weighted by Crippen LogP contribution is 2.52. The van der Waals surface area contributed by atoms with Gasteiger partial charge in [0.2, 0.25) is 11.8 Å². The van der Waals surface area contributed by atoms with Gasteiger partial charge in [0, 0.05) is 22.2 Å². The van der Waals surface area contributed by atoms with Crippen LogP contribution in [0, 0.1) is 27.9 Å². The molecule has 0 spiro atoms. The van der Waals surface area contributed by atoms with E-state index in [2.05, 4.69) is 67.9 Å². The van der Waals surface area contributed by atoms with E-state index in [4.69, 9.17) is 9.08 Å². The summed E-state index contributed by atoms with van der Waals surface area (Å²) in [5, 5.41) is 35.7. The highest BCUT2D eigenvalue weighted by atomic mass is 79.9. The summed E-state index contributed by atoms with van der Waals surface area (Å²) in [5.74, 6) is -2.75. The number of halogens is 1. The third-order valence-corrected chi connectivity index (χ3v) is 17.6. The highest BCUT2D eigenvalue weighted by Gasteiger charge is 2.58. The van der Waals surface area contributed by atoms with Gasteiger partial charge in [-0.3, -0.25) is 19.7 Å². The number of carbonyl (C=O) groups is 2. The number of nitro benzene ring substituents is 1. The molecule has 306 valence electrons. The molecule has 0 unspecified atom stereocenters. The Morgan fingerprint density at radius 3 is 2.27 bits per heavy atom. The van der Waals surface area contributed by atoms with Crippen LogP contribution < -0.4 is 15.3 Å². The standard InChI is InChI=1S/C46H50BBrN2O8Si/c1-5-13-30(24-31-25-33(48)21-22-40(31)51)20-23-41-42-32(29-57-59(46(2,3)4,36-16-8-6-9-17-36)37-18-10-7-11-19-37)26-38-43(39(42)28-47(54)58-41)45(53)49(44(38)52)34-14-12-15-35(27-34)50(55)56/h6-12,14-19,21-22,24-25,27,38-39,41,43,51,54H,5,13,20,23,26,28-29H2,1-4H3/b30-24+/t38-,39+,41-,43-/m1/s1. The number of phenolic OH excluding ortho intramolecular Hbond substituents is 1. The Morgan fingerprint density at radius 2 is 1.64 bits per heavy atom. The van der Waals surface area contributed by atoms with Gasteiger partial charge in [-0.2, -0.15) is 0 Å². The lowest BCUT2D eigenvalue weighted by molar-refractivity contribution is -0.384. The fourth-order valence-corrected chi connectivity index (χ4v) is 14.5. The molecule has 0 aromatic heterocycles. The molecule has 2 saturated heterocycles. The number of rotatable bonds is 13. The van der Waals surface area contributed by atoms with Crippen molar-refractivity contribution in [2.75, 3.05) is 11.5 Å². The van der Waals surface area contributed by atoms with E-state index in [1.165, 1.54) is 18.2 Å². The zero-order valence-electron chi connectivity index (χ0n) is 33.8. The molecular formula is C46H50BBrN2O8Si. The fourth-order valence-electron chi connectivity index (χ4n) is 9.62. The first-order valence-electron chi connectivity index (χ1n) is 20.3. The number of hydrogen-bond donors (Lipinski definition) is 2. The van der Waals surface area contributed by atoms with Crippen LogP contribution in [0.15, 0.2) is 124 Å². The van der Waals surface area contributed by atoms with Crippen LogP contribution in [-0.2, 0) is 18.7 Å². The van der Waals surface area contributed by atoms with Crippen molar-refractivity contribution in [2.45, 2.75) is 77.3 Å². The van der Waals surface area contributed by atoms with Gasteiger partial charge in [-0.1, -0.05) is 128 Å². The molecule has 2 fully saturated rings. The maximum atomic E-state index is 14.6. The number of allylic oxidation sites excluding steroid dienone is 1. The molecule has 4 aromatic carbocycles. The lowest BCUT2D eigenvalue weighted by Crippen LogP contribution is -2.66. The minimum Gasteiger partial charge on any atom is -0.507 e. The van der Waals surface area contributed by atoms with Gasteiger partial charge in [0.1, 0.15) is 5.75 Å². The number of benzene rings is 4. The average molecular weight is 878 g/mol. The first kappa shape index (κ1) is 42.5. The topological polar surface area (TPSA) is 139 Å². The number of carbonyl (C=O) groups excluding carboxylic acids is 2. The molecule has 0 saturated carbocycles. The van der Waals surface area contributed by atoms with Gasteiger partial charge in [-0.05, 0) is 88.7 Å². The fraction of sp³-hybridized carbons (Fsp3) is 0.348. The van der Waals surface area contributed by atoms with Crippen molar-refractivity contribution in [2.24, 2.45) is 17.8 Å². The minimum absolute atomic E-state index is 0.112. The second kappa shape index (κ2) is 17.5. The van der Waals surface area contributed by atoms with Gasteiger partial charge in [-0.15, -0.1) is 0 Å². The third-order valence-electron chi connectivity index (χ3n) is 12.1. The van der Waals surface area contributed by atoms with Gasteiger partial charge in [-0.25, -0.2) is 4.90 Å². The molecule has 7 rings (SSSR count). The van der Waals surface area contributed by atoms with Crippen molar-refractivity contribution in [3.05, 3.63) is 140 Å². The Bertz CT molecular complexity index is 2240. The molecule has 1 aliphatic carbocycles. The highest BCUT2D eigenvalue weighted by molar-refractivity contribution is 9.10. The molecule has 59 heavy (non-hydrogen) atoms. The number of phenols is 1. The predicted molar refractivity (Wildman–Crippen MR) is 237 cm³/mol. The SMILES string of the molecule is CCC/C(=C\c1cc(Br)ccc1O)CC[C@H]1OB(O)C[C@H]2C1=C(CO[Si](c1ccccc1)(c1ccccc1)C(C)(C)C)C[C@H]1C(=O)N(c3cccc([N+](=O)[O-])c3)C(=O)[C@H]12. The zero-order chi connectivity index (χ0) is 42.1. The summed E-state index contributed by atoms with van der Waals surface area (Å²) in [6.07, 6.45) is 4.51. The van der Waals surface area contributed by atoms with Crippen molar-refractivity contribution in [3.8, 4) is 5.75 Å². The maximum absolute atomic E-state index is 14.6. The number of imide groups is 1. The lowest BCUT2D eigenvalue weighted by Gasteiger charge is -2.46. The second-order valence-corrected chi connectivity index (χ2v) is 22.1. The normalized spacial score (nSPS) is 21.2. The summed E-state index contributed by atoms with van der Waals surface area (Å²) < 4.78 is 14.8. The molecule has 2 aliphatic heterocycles. The number of non-ortho nitro benzene ring substituents is 1. The number of nitrogens with zero attached hydrogens (tertiary/aromatic N) is 2. The van der Waals surface area contributed by atoms with E-state index in [1.54, 1.807) is 18.2 Å². The number of nitro groups is 1. The third kappa shape index (κ3) is 8.40. The second-order valence-electron chi connectivity index (χ2n) is 16.9. The Morgan fingerprint density at radius 1 is 0.966 bits per heavy atom. The molecule has 4 aromatic rings. The number of anilines is 1. The van der Waals surface area contributed by atoms with Gasteiger partial charge < -0.3 is 19.2 Å². The predicted octanol–water partition coefficient (Wildman–Crippen LogP) is 8.60. The quantitative estimate of drug-likeness (QED) is 0.0448. The van der Waals surface area contributed by atoms with E-state index in [-0.39, 0.29) is 41.5 Å². The molecule has 2 N–H and O–H groups in total. The van der Waals surface area contributed by atoms with E-state index in [1.807, 2.05) is 48.5 Å². The summed E-state index contributed by atoms with van der Waals surface area (Å²) in [6.45, 7) is 8.91. The summed E-state index contributed by atoms with van der Waals surface area (Å²) >= 11 is 3.52. The number of amides is 2. The largest absolute Gasteiger partial charge is 0.507 e. The maximum Gasteiger partial charge on any atom is 0.455 e. The smallest absolute Gasteiger partial charge is 0.455 e. The molecular weight excluding hydrogens is 827 g/mol. The molecule has 2 amide bonds. The van der Waals surface area contributed by atoms with E-state index in [0.29, 0.717) is 18.4 Å². The van der Waals surface area contributed by atoms with Crippen LogP contribution in [0.1, 0.15) is 65.4 Å². The number of hydrogen-bond acceptors (Lipinski definition) is 8. The van der Waals surface area contributed by atoms with Crippen molar-refractivity contribution >= 4 is 71.0 Å². The van der Waals surface area contributed by atoms with Crippen LogP contribution in [0.25, 0.3) is 6.08 Å². The summed E-state index contributed by atoms with van der Waals surface area (Å²) in [6, 6.07) is 31.6. The lowest BCUT2D eigenvalue weighted by atomic mass is 9.58. The monoisotopic (exact) mass is 876 g/mol. The molecule has 4 atom stereocenters. The van der Waals surface area contributed by atoms with Crippen LogP contribution in [0.3, 0.4) is 0 Å². The minimum atomic E-state index is -3.06. The molecule has 0 bridgehead atoms. The summed E-state index contributed by atoms with van der Waals surface area (Å²) in [4.78, 5) is 41.4. The molecule has 0 radical (unpaired) electrons. The molecule has 13 heteroatoms. The number of fused-ring (bicyclic) bond motifs is 3. The Kier molecular flexibility index (Phi) is 12.6. The van der Waals surface area contributed by atoms with Crippen molar-refractivity contribution in [1.82, 2.24) is 0 Å². The van der Waals surface area contributed by atoms with Crippen LogP contribution in [0.5, 0.6) is 5.75 Å². The molecule has 2 heterocycles. The van der Waals surface area contributed by atoms with Gasteiger partial charge in [0.05, 0.1) is 35.2 Å². The van der Waals surface area contributed by atoms with E-state index < -0.39 is 56.0 Å². The van der Waals surface area contributed by atoms with Gasteiger partial charge in [0.15, 0.2) is 0 Å². The Labute approximate surface area is 355 Å². The van der Waals surface area contributed by atoms with Gasteiger partial charge in [0.25, 0.3) is 14.0 Å². The van der Waals surface area contributed by atoms with E-state index in [9.17, 15) is 29.8 Å². The summed E-state index contributed by atoms with van der Waals surface area (Å²) in [5.41, 5.74) is 3.51. The van der Waals surface area contributed by atoms with Crippen LogP contribution in [-0.4, -0.2) is 55.0 Å². The van der Waals surface area contributed by atoms with Crippen molar-refractivity contribution in [3.63, 3.8) is 0 Å². The Hall–Kier alpha value is -4.66. The van der Waals surface area contributed by atoms with E-state index >= 15 is 0 Å². The van der Waals surface area contributed by atoms with Gasteiger partial charge >= 0.3 is 7.12 Å². The van der Waals surface area contributed by atoms with Crippen molar-refractivity contribution in [1.29, 1.82) is 0 Å². The zero-order valence-corrected chi connectivity index (χ0v) is 36.4. The summed E-state index contributed by atoms with van der Waals surface area (Å²) in [7, 11) is -4.25. The first-order chi connectivity index (χ1) is 28.2. The van der Waals surface area contributed by atoms with Crippen LogP contribution >= 0.6 is 15.9 Å². The number of aromatic hydroxyl groups is 1. The molecule has 10 nitrogen and oxygen atoms in total. The van der Waals surface area contributed by atoms with E-state index in [0.717, 1.165) is 49.3 Å². The van der Waals surface area contributed by atoms with Crippen LogP contribution in [0.4, 0.5) is 11.4 Å². The Balaban J connectivity index is 1.32. The van der Waals surface area contributed by atoms with Crippen LogP contribution in [0.2, 0.25) is 11.4 Å². The molecule has 3 aliphatic rings. The first-order valence-corrected chi connectivity index (χ1v) is 23.0. The van der Waals surface area contributed by atoms with Crippen molar-refractivity contribution < 1.29 is 33.7 Å². The average Bonchev–Trinajstić information content (AvgIpc) is 3.47.